The van der Waals surface area contributed by atoms with Crippen molar-refractivity contribution >= 4 is 46.6 Å². The summed E-state index contributed by atoms with van der Waals surface area (Å²) in [5, 5.41) is 6.25. The van der Waals surface area contributed by atoms with E-state index >= 15 is 0 Å². The van der Waals surface area contributed by atoms with Crippen molar-refractivity contribution in [3.05, 3.63) is 40.6 Å². The standard InChI is InChI=1S/C17H19Cl2N5O/c1-11-4-6-24(7-5-11)16-9-15(20-10-21-16)23-17(25)22-14-3-2-12(18)8-13(14)19/h2-3,8-11H,4-7H2,1H3,(H2,20,21,22,23,25). The van der Waals surface area contributed by atoms with E-state index in [0.717, 1.165) is 37.7 Å². The van der Waals surface area contributed by atoms with Crippen molar-refractivity contribution in [3.8, 4) is 0 Å². The van der Waals surface area contributed by atoms with Crippen molar-refractivity contribution in [3.63, 3.8) is 0 Å². The average Bonchev–Trinajstić information content (AvgIpc) is 2.58. The van der Waals surface area contributed by atoms with Crippen molar-refractivity contribution in [1.29, 1.82) is 0 Å². The Morgan fingerprint density at radius 3 is 2.64 bits per heavy atom. The summed E-state index contributed by atoms with van der Waals surface area (Å²) in [4.78, 5) is 22.8. The number of hydrogen-bond donors (Lipinski definition) is 2. The Morgan fingerprint density at radius 1 is 1.16 bits per heavy atom. The second-order valence-electron chi connectivity index (χ2n) is 6.13. The molecule has 1 aromatic carbocycles. The molecular formula is C17H19Cl2N5O. The van der Waals surface area contributed by atoms with Crippen LogP contribution in [0.1, 0.15) is 19.8 Å². The number of halogens is 2. The number of benzene rings is 1. The number of carbonyl (C=O) groups is 1. The van der Waals surface area contributed by atoms with Crippen LogP contribution in [0, 0.1) is 5.92 Å². The first-order valence-electron chi connectivity index (χ1n) is 8.11. The molecule has 3 rings (SSSR count). The van der Waals surface area contributed by atoms with E-state index in [0.29, 0.717) is 21.6 Å². The SMILES string of the molecule is CC1CCN(c2cc(NC(=O)Nc3ccc(Cl)cc3Cl)ncn2)CC1. The van der Waals surface area contributed by atoms with E-state index in [9.17, 15) is 4.79 Å². The van der Waals surface area contributed by atoms with Gasteiger partial charge in [-0.1, -0.05) is 30.1 Å². The zero-order valence-electron chi connectivity index (χ0n) is 13.8. The highest BCUT2D eigenvalue weighted by molar-refractivity contribution is 6.36. The number of piperidine rings is 1. The minimum atomic E-state index is -0.430. The Bertz CT molecular complexity index is 762. The van der Waals surface area contributed by atoms with Crippen LogP contribution >= 0.6 is 23.2 Å². The lowest BCUT2D eigenvalue weighted by molar-refractivity contribution is 0.262. The predicted molar refractivity (Wildman–Crippen MR) is 102 cm³/mol. The molecule has 2 amide bonds. The normalized spacial score (nSPS) is 15.1. The molecule has 0 radical (unpaired) electrons. The topological polar surface area (TPSA) is 70.2 Å². The number of anilines is 3. The molecule has 2 heterocycles. The van der Waals surface area contributed by atoms with Gasteiger partial charge in [-0.25, -0.2) is 14.8 Å². The Balaban J connectivity index is 1.64. The number of nitrogens with zero attached hydrogens (tertiary/aromatic N) is 3. The Hall–Kier alpha value is -2.05. The summed E-state index contributed by atoms with van der Waals surface area (Å²) in [5.41, 5.74) is 0.475. The van der Waals surface area contributed by atoms with Gasteiger partial charge in [0.05, 0.1) is 10.7 Å². The van der Waals surface area contributed by atoms with Crippen LogP contribution in [0.4, 0.5) is 22.1 Å². The van der Waals surface area contributed by atoms with Crippen LogP contribution in [0.3, 0.4) is 0 Å². The molecule has 2 N–H and O–H groups in total. The summed E-state index contributed by atoms with van der Waals surface area (Å²) in [6.07, 6.45) is 3.74. The molecule has 0 bridgehead atoms. The van der Waals surface area contributed by atoms with Crippen LogP contribution in [0.2, 0.25) is 10.0 Å². The minimum absolute atomic E-state index is 0.369. The van der Waals surface area contributed by atoms with Gasteiger partial charge < -0.3 is 10.2 Å². The highest BCUT2D eigenvalue weighted by Gasteiger charge is 2.17. The molecule has 1 aromatic heterocycles. The molecule has 0 unspecified atom stereocenters. The average molecular weight is 380 g/mol. The lowest BCUT2D eigenvalue weighted by atomic mass is 9.99. The number of rotatable bonds is 3. The van der Waals surface area contributed by atoms with Gasteiger partial charge in [-0.3, -0.25) is 5.32 Å². The van der Waals surface area contributed by atoms with Crippen LogP contribution in [-0.4, -0.2) is 29.1 Å². The maximum Gasteiger partial charge on any atom is 0.324 e. The zero-order chi connectivity index (χ0) is 17.8. The van der Waals surface area contributed by atoms with E-state index < -0.39 is 6.03 Å². The van der Waals surface area contributed by atoms with Crippen molar-refractivity contribution in [2.75, 3.05) is 28.6 Å². The van der Waals surface area contributed by atoms with Crippen LogP contribution in [0.5, 0.6) is 0 Å². The Labute approximate surface area is 156 Å². The van der Waals surface area contributed by atoms with Crippen molar-refractivity contribution < 1.29 is 4.79 Å². The molecule has 8 heteroatoms. The van der Waals surface area contributed by atoms with E-state index in [-0.39, 0.29) is 0 Å². The fourth-order valence-corrected chi connectivity index (χ4v) is 3.14. The number of hydrogen-bond acceptors (Lipinski definition) is 4. The van der Waals surface area contributed by atoms with E-state index in [1.165, 1.54) is 6.33 Å². The highest BCUT2D eigenvalue weighted by Crippen LogP contribution is 2.26. The summed E-state index contributed by atoms with van der Waals surface area (Å²) in [6.45, 7) is 4.19. The number of nitrogens with one attached hydrogen (secondary N) is 2. The Kier molecular flexibility index (Phi) is 5.60. The van der Waals surface area contributed by atoms with E-state index in [1.807, 2.05) is 0 Å². The first-order valence-corrected chi connectivity index (χ1v) is 8.87. The first kappa shape index (κ1) is 17.8. The van der Waals surface area contributed by atoms with Crippen molar-refractivity contribution in [2.45, 2.75) is 19.8 Å². The van der Waals surface area contributed by atoms with Crippen molar-refractivity contribution in [2.24, 2.45) is 5.92 Å². The quantitative estimate of drug-likeness (QED) is 0.812. The Morgan fingerprint density at radius 2 is 1.92 bits per heavy atom. The summed E-state index contributed by atoms with van der Waals surface area (Å²) in [7, 11) is 0. The molecule has 0 aliphatic carbocycles. The number of carbonyl (C=O) groups excluding carboxylic acids is 1. The van der Waals surface area contributed by atoms with Gasteiger partial charge in [0.2, 0.25) is 0 Å². The third-order valence-electron chi connectivity index (χ3n) is 4.18. The summed E-state index contributed by atoms with van der Waals surface area (Å²) in [6, 6.07) is 6.21. The molecule has 1 fully saturated rings. The molecule has 25 heavy (non-hydrogen) atoms. The van der Waals surface area contributed by atoms with Crippen LogP contribution < -0.4 is 15.5 Å². The van der Waals surface area contributed by atoms with Gasteiger partial charge in [0, 0.05) is 24.2 Å². The second-order valence-corrected chi connectivity index (χ2v) is 6.98. The van der Waals surface area contributed by atoms with Gasteiger partial charge in [0.1, 0.15) is 18.0 Å². The smallest absolute Gasteiger partial charge is 0.324 e. The van der Waals surface area contributed by atoms with Gasteiger partial charge >= 0.3 is 6.03 Å². The monoisotopic (exact) mass is 379 g/mol. The maximum atomic E-state index is 12.2. The zero-order valence-corrected chi connectivity index (χ0v) is 15.3. The predicted octanol–water partition coefficient (Wildman–Crippen LogP) is 4.66. The lowest BCUT2D eigenvalue weighted by Gasteiger charge is -2.31. The van der Waals surface area contributed by atoms with Crippen molar-refractivity contribution in [1.82, 2.24) is 9.97 Å². The highest BCUT2D eigenvalue weighted by atomic mass is 35.5. The van der Waals surface area contributed by atoms with Gasteiger partial charge in [-0.05, 0) is 37.0 Å². The van der Waals surface area contributed by atoms with Gasteiger partial charge in [0.25, 0.3) is 0 Å². The molecule has 1 aliphatic rings. The molecule has 1 aliphatic heterocycles. The third-order valence-corrected chi connectivity index (χ3v) is 4.73. The lowest BCUT2D eigenvalue weighted by Crippen LogP contribution is -2.33. The number of amides is 2. The molecule has 0 spiro atoms. The van der Waals surface area contributed by atoms with Gasteiger partial charge in [-0.15, -0.1) is 0 Å². The summed E-state index contributed by atoms with van der Waals surface area (Å²) >= 11 is 11.9. The molecule has 1 saturated heterocycles. The molecule has 6 nitrogen and oxygen atoms in total. The minimum Gasteiger partial charge on any atom is -0.356 e. The third kappa shape index (κ3) is 4.74. The summed E-state index contributed by atoms with van der Waals surface area (Å²) in [5.74, 6) is 2.00. The van der Waals surface area contributed by atoms with Crippen LogP contribution in [0.25, 0.3) is 0 Å². The van der Waals surface area contributed by atoms with Gasteiger partial charge in [-0.2, -0.15) is 0 Å². The fourth-order valence-electron chi connectivity index (χ4n) is 2.69. The van der Waals surface area contributed by atoms with Crippen LogP contribution in [-0.2, 0) is 0 Å². The number of aromatic nitrogens is 2. The number of urea groups is 1. The fraction of sp³-hybridized carbons (Fsp3) is 0.353. The van der Waals surface area contributed by atoms with E-state index in [1.54, 1.807) is 24.3 Å². The maximum absolute atomic E-state index is 12.2. The van der Waals surface area contributed by atoms with E-state index in [2.05, 4.69) is 32.4 Å². The second kappa shape index (κ2) is 7.89. The van der Waals surface area contributed by atoms with Gasteiger partial charge in [0.15, 0.2) is 0 Å². The van der Waals surface area contributed by atoms with E-state index in [4.69, 9.17) is 23.2 Å². The first-order chi connectivity index (χ1) is 12.0. The molecule has 132 valence electrons. The molecule has 0 saturated carbocycles. The van der Waals surface area contributed by atoms with Crippen LogP contribution in [0.15, 0.2) is 30.6 Å². The molecule has 0 atom stereocenters. The molecular weight excluding hydrogens is 361 g/mol. The molecule has 2 aromatic rings. The summed E-state index contributed by atoms with van der Waals surface area (Å²) < 4.78 is 0. The largest absolute Gasteiger partial charge is 0.356 e.